The van der Waals surface area contributed by atoms with E-state index >= 15 is 0 Å². The van der Waals surface area contributed by atoms with Gasteiger partial charge in [-0.05, 0) is 26.7 Å². The lowest BCUT2D eigenvalue weighted by Gasteiger charge is -2.31. The van der Waals surface area contributed by atoms with Gasteiger partial charge in [0.15, 0.2) is 9.84 Å². The molecule has 14 heavy (non-hydrogen) atoms. The first-order chi connectivity index (χ1) is 6.42. The molecular weight excluding hydrogens is 198 g/mol. The maximum absolute atomic E-state index is 12.2. The van der Waals surface area contributed by atoms with Crippen LogP contribution in [0.1, 0.15) is 46.0 Å². The van der Waals surface area contributed by atoms with Crippen LogP contribution in [0.2, 0.25) is 0 Å². The predicted molar refractivity (Wildman–Crippen MR) is 58.9 cm³/mol. The molecule has 0 aliphatic heterocycles. The predicted octanol–water partition coefficient (Wildman–Crippen LogP) is 1.47. The molecule has 0 amide bonds. The highest BCUT2D eigenvalue weighted by molar-refractivity contribution is 7.93. The molecule has 0 saturated heterocycles. The maximum Gasteiger partial charge on any atom is 0.159 e. The Labute approximate surface area is 87.0 Å². The molecule has 0 unspecified atom stereocenters. The van der Waals surface area contributed by atoms with E-state index in [4.69, 9.17) is 5.73 Å². The van der Waals surface area contributed by atoms with Crippen LogP contribution in [-0.4, -0.2) is 25.0 Å². The fourth-order valence-corrected chi connectivity index (χ4v) is 4.03. The topological polar surface area (TPSA) is 60.2 Å². The van der Waals surface area contributed by atoms with Crippen molar-refractivity contribution in [3.05, 3.63) is 0 Å². The molecule has 84 valence electrons. The lowest BCUT2D eigenvalue weighted by atomic mass is 10.0. The third-order valence-electron chi connectivity index (χ3n) is 3.25. The normalized spacial score (nSPS) is 21.1. The molecular formula is C10H21NO2S. The zero-order valence-electron chi connectivity index (χ0n) is 9.12. The van der Waals surface area contributed by atoms with Crippen LogP contribution in [0.5, 0.6) is 0 Å². The van der Waals surface area contributed by atoms with Crippen LogP contribution in [0.15, 0.2) is 0 Å². The Balaban J connectivity index is 2.83. The van der Waals surface area contributed by atoms with Gasteiger partial charge in [-0.1, -0.05) is 19.3 Å². The molecule has 1 fully saturated rings. The molecule has 0 atom stereocenters. The summed E-state index contributed by atoms with van der Waals surface area (Å²) in [6.45, 7) is 3.68. The van der Waals surface area contributed by atoms with Crippen molar-refractivity contribution >= 4 is 9.84 Å². The second kappa shape index (κ2) is 4.19. The zero-order chi connectivity index (χ0) is 10.8. The highest BCUT2D eigenvalue weighted by Crippen LogP contribution is 2.30. The molecule has 1 aliphatic carbocycles. The molecule has 0 aromatic heterocycles. The van der Waals surface area contributed by atoms with Crippen LogP contribution in [0, 0.1) is 0 Å². The average molecular weight is 219 g/mol. The van der Waals surface area contributed by atoms with E-state index in [1.54, 1.807) is 13.8 Å². The first-order valence-corrected chi connectivity index (χ1v) is 6.90. The minimum atomic E-state index is -3.04. The largest absolute Gasteiger partial charge is 0.329 e. The number of sulfone groups is 1. The van der Waals surface area contributed by atoms with Crippen molar-refractivity contribution in [2.75, 3.05) is 6.54 Å². The average Bonchev–Trinajstić information content (AvgIpc) is 2.19. The van der Waals surface area contributed by atoms with Crippen molar-refractivity contribution in [2.24, 2.45) is 5.73 Å². The van der Waals surface area contributed by atoms with E-state index < -0.39 is 14.6 Å². The van der Waals surface area contributed by atoms with E-state index in [0.717, 1.165) is 25.7 Å². The van der Waals surface area contributed by atoms with Gasteiger partial charge in [0.05, 0.1) is 10.00 Å². The number of rotatable bonds is 3. The molecule has 1 rings (SSSR count). The Kier molecular flexibility index (Phi) is 3.58. The maximum atomic E-state index is 12.2. The summed E-state index contributed by atoms with van der Waals surface area (Å²) in [5, 5.41) is -0.144. The Morgan fingerprint density at radius 3 is 2.14 bits per heavy atom. The fraction of sp³-hybridized carbons (Fsp3) is 1.00. The lowest BCUT2D eigenvalue weighted by molar-refractivity contribution is 0.466. The van der Waals surface area contributed by atoms with Crippen LogP contribution in [0.25, 0.3) is 0 Å². The van der Waals surface area contributed by atoms with Gasteiger partial charge in [-0.3, -0.25) is 0 Å². The Hall–Kier alpha value is -0.0900. The summed E-state index contributed by atoms with van der Waals surface area (Å²) in [5.74, 6) is 0. The van der Waals surface area contributed by atoms with Crippen molar-refractivity contribution in [1.82, 2.24) is 0 Å². The van der Waals surface area contributed by atoms with E-state index in [-0.39, 0.29) is 11.8 Å². The molecule has 0 spiro atoms. The van der Waals surface area contributed by atoms with Crippen LogP contribution in [0.3, 0.4) is 0 Å². The first-order valence-electron chi connectivity index (χ1n) is 5.35. The summed E-state index contributed by atoms with van der Waals surface area (Å²) in [5.41, 5.74) is 5.52. The first kappa shape index (κ1) is 12.0. The van der Waals surface area contributed by atoms with Gasteiger partial charge >= 0.3 is 0 Å². The van der Waals surface area contributed by atoms with Crippen LogP contribution in [-0.2, 0) is 9.84 Å². The molecule has 3 nitrogen and oxygen atoms in total. The molecule has 0 bridgehead atoms. The summed E-state index contributed by atoms with van der Waals surface area (Å²) in [6, 6.07) is 0. The SMILES string of the molecule is CC(C)(CN)S(=O)(=O)C1CCCCC1. The molecule has 4 heteroatoms. The Morgan fingerprint density at radius 2 is 1.71 bits per heavy atom. The van der Waals surface area contributed by atoms with Gasteiger partial charge in [-0.15, -0.1) is 0 Å². The minimum Gasteiger partial charge on any atom is -0.329 e. The van der Waals surface area contributed by atoms with Crippen molar-refractivity contribution in [2.45, 2.75) is 55.9 Å². The Bertz CT molecular complexity index is 276. The van der Waals surface area contributed by atoms with Crippen molar-refractivity contribution < 1.29 is 8.42 Å². The summed E-state index contributed by atoms with van der Waals surface area (Å²) >= 11 is 0. The lowest BCUT2D eigenvalue weighted by Crippen LogP contribution is -2.45. The zero-order valence-corrected chi connectivity index (χ0v) is 9.94. The highest BCUT2D eigenvalue weighted by Gasteiger charge is 2.39. The fourth-order valence-electron chi connectivity index (χ4n) is 1.94. The van der Waals surface area contributed by atoms with Gasteiger partial charge in [-0.2, -0.15) is 0 Å². The molecule has 2 N–H and O–H groups in total. The summed E-state index contributed by atoms with van der Waals surface area (Å²) < 4.78 is 23.6. The van der Waals surface area contributed by atoms with Crippen LogP contribution < -0.4 is 5.73 Å². The second-order valence-corrected chi connectivity index (χ2v) is 7.63. The molecule has 0 radical (unpaired) electrons. The van der Waals surface area contributed by atoms with Gasteiger partial charge < -0.3 is 5.73 Å². The van der Waals surface area contributed by atoms with Gasteiger partial charge in [0.1, 0.15) is 0 Å². The van der Waals surface area contributed by atoms with Crippen molar-refractivity contribution in [3.63, 3.8) is 0 Å². The Morgan fingerprint density at radius 1 is 1.21 bits per heavy atom. The molecule has 0 aromatic carbocycles. The quantitative estimate of drug-likeness (QED) is 0.782. The van der Waals surface area contributed by atoms with E-state index in [0.29, 0.717) is 0 Å². The molecule has 1 aliphatic rings. The van der Waals surface area contributed by atoms with Crippen molar-refractivity contribution in [3.8, 4) is 0 Å². The van der Waals surface area contributed by atoms with E-state index in [2.05, 4.69) is 0 Å². The standard InChI is InChI=1S/C10H21NO2S/c1-10(2,8-11)14(12,13)9-6-4-3-5-7-9/h9H,3-8,11H2,1-2H3. The third kappa shape index (κ3) is 2.11. The minimum absolute atomic E-state index is 0.144. The second-order valence-electron chi connectivity index (χ2n) is 4.77. The molecule has 1 saturated carbocycles. The third-order valence-corrected chi connectivity index (χ3v) is 6.31. The van der Waals surface area contributed by atoms with Gasteiger partial charge in [0, 0.05) is 6.54 Å². The highest BCUT2D eigenvalue weighted by atomic mass is 32.2. The van der Waals surface area contributed by atoms with Crippen LogP contribution >= 0.6 is 0 Å². The van der Waals surface area contributed by atoms with Crippen molar-refractivity contribution in [1.29, 1.82) is 0 Å². The summed E-state index contributed by atoms with van der Waals surface area (Å²) in [7, 11) is -3.04. The van der Waals surface area contributed by atoms with E-state index in [9.17, 15) is 8.42 Å². The number of hydrogen-bond acceptors (Lipinski definition) is 3. The van der Waals surface area contributed by atoms with Gasteiger partial charge in [0.2, 0.25) is 0 Å². The number of nitrogens with two attached hydrogens (primary N) is 1. The van der Waals surface area contributed by atoms with Gasteiger partial charge in [0.25, 0.3) is 0 Å². The van der Waals surface area contributed by atoms with E-state index in [1.165, 1.54) is 6.42 Å². The summed E-state index contributed by atoms with van der Waals surface area (Å²) in [6.07, 6.45) is 4.92. The smallest absolute Gasteiger partial charge is 0.159 e. The van der Waals surface area contributed by atoms with Crippen LogP contribution in [0.4, 0.5) is 0 Å². The van der Waals surface area contributed by atoms with Gasteiger partial charge in [-0.25, -0.2) is 8.42 Å². The molecule has 0 aromatic rings. The van der Waals surface area contributed by atoms with E-state index in [1.807, 2.05) is 0 Å². The summed E-state index contributed by atoms with van der Waals surface area (Å²) in [4.78, 5) is 0. The number of hydrogen-bond donors (Lipinski definition) is 1. The molecule has 0 heterocycles. The monoisotopic (exact) mass is 219 g/mol.